The van der Waals surface area contributed by atoms with E-state index in [4.69, 9.17) is 11.2 Å². The van der Waals surface area contributed by atoms with Crippen LogP contribution in [0.5, 0.6) is 0 Å². The van der Waals surface area contributed by atoms with Crippen molar-refractivity contribution in [2.24, 2.45) is 5.92 Å². The third-order valence-electron chi connectivity index (χ3n) is 2.61. The molecule has 0 fully saturated rings. The van der Waals surface area contributed by atoms with E-state index < -0.39 is 6.10 Å². The van der Waals surface area contributed by atoms with Crippen LogP contribution in [0.4, 0.5) is 0 Å². The molecule has 0 aliphatic rings. The van der Waals surface area contributed by atoms with E-state index in [0.717, 1.165) is 5.56 Å². The molecule has 16 heavy (non-hydrogen) atoms. The van der Waals surface area contributed by atoms with Crippen molar-refractivity contribution in [1.29, 1.82) is 0 Å². The molecular formula is C14H18O2. The highest BCUT2D eigenvalue weighted by molar-refractivity contribution is 5.13. The van der Waals surface area contributed by atoms with Crippen molar-refractivity contribution in [3.63, 3.8) is 0 Å². The molecule has 2 nitrogen and oxygen atoms in total. The van der Waals surface area contributed by atoms with Gasteiger partial charge in [0, 0.05) is 5.92 Å². The minimum atomic E-state index is -0.617. The summed E-state index contributed by atoms with van der Waals surface area (Å²) in [6.45, 7) is 4.14. The zero-order valence-electron chi connectivity index (χ0n) is 9.76. The van der Waals surface area contributed by atoms with E-state index in [1.54, 1.807) is 0 Å². The minimum Gasteiger partial charge on any atom is -0.389 e. The van der Waals surface area contributed by atoms with Gasteiger partial charge in [-0.3, -0.25) is 0 Å². The van der Waals surface area contributed by atoms with Crippen LogP contribution in [-0.4, -0.2) is 17.3 Å². The lowest BCUT2D eigenvalue weighted by Gasteiger charge is -2.21. The third kappa shape index (κ3) is 3.69. The van der Waals surface area contributed by atoms with Crippen LogP contribution in [0.3, 0.4) is 0 Å². The van der Waals surface area contributed by atoms with Gasteiger partial charge in [-0.25, -0.2) is 0 Å². The van der Waals surface area contributed by atoms with E-state index in [-0.39, 0.29) is 12.0 Å². The number of terminal acetylenes is 1. The molecule has 0 bridgehead atoms. The first kappa shape index (κ1) is 12.8. The maximum Gasteiger partial charge on any atom is 0.0933 e. The maximum atomic E-state index is 9.80. The second-order valence-corrected chi connectivity index (χ2v) is 3.95. The molecule has 3 atom stereocenters. The van der Waals surface area contributed by atoms with Crippen molar-refractivity contribution in [3.05, 3.63) is 35.9 Å². The Morgan fingerprint density at radius 1 is 1.31 bits per heavy atom. The number of aliphatic hydroxyl groups is 1. The zero-order chi connectivity index (χ0) is 12.0. The first-order valence-corrected chi connectivity index (χ1v) is 5.45. The molecule has 0 aromatic heterocycles. The molecule has 0 aliphatic carbocycles. The molecule has 0 aliphatic heterocycles. The van der Waals surface area contributed by atoms with E-state index in [2.05, 4.69) is 5.92 Å². The van der Waals surface area contributed by atoms with Crippen molar-refractivity contribution in [2.45, 2.75) is 32.7 Å². The predicted molar refractivity (Wildman–Crippen MR) is 64.7 cm³/mol. The normalized spacial score (nSPS) is 16.1. The zero-order valence-corrected chi connectivity index (χ0v) is 9.76. The number of hydrogen-bond donors (Lipinski definition) is 1. The number of aliphatic hydroxyl groups excluding tert-OH is 1. The SMILES string of the molecule is C#C[C@@H](C)[C@@H](O)[C@H](C)OCc1ccccc1. The van der Waals surface area contributed by atoms with Crippen LogP contribution < -0.4 is 0 Å². The molecule has 1 N–H and O–H groups in total. The van der Waals surface area contributed by atoms with Gasteiger partial charge >= 0.3 is 0 Å². The van der Waals surface area contributed by atoms with Gasteiger partial charge < -0.3 is 9.84 Å². The largest absolute Gasteiger partial charge is 0.389 e. The van der Waals surface area contributed by atoms with Crippen LogP contribution in [-0.2, 0) is 11.3 Å². The lowest BCUT2D eigenvalue weighted by atomic mass is 10.0. The Labute approximate surface area is 97.3 Å². The molecule has 86 valence electrons. The lowest BCUT2D eigenvalue weighted by molar-refractivity contribution is -0.0473. The summed E-state index contributed by atoms with van der Waals surface area (Å²) in [5.41, 5.74) is 1.09. The molecule has 1 rings (SSSR count). The number of rotatable bonds is 5. The van der Waals surface area contributed by atoms with Crippen molar-refractivity contribution in [2.75, 3.05) is 0 Å². The van der Waals surface area contributed by atoms with Crippen LogP contribution in [0.15, 0.2) is 30.3 Å². The van der Waals surface area contributed by atoms with Gasteiger partial charge in [0.25, 0.3) is 0 Å². The summed E-state index contributed by atoms with van der Waals surface area (Å²) in [4.78, 5) is 0. The molecule has 0 unspecified atom stereocenters. The lowest BCUT2D eigenvalue weighted by Crippen LogP contribution is -2.31. The van der Waals surface area contributed by atoms with Gasteiger partial charge in [-0.05, 0) is 19.4 Å². The molecule has 1 aromatic rings. The van der Waals surface area contributed by atoms with E-state index in [9.17, 15) is 5.11 Å². The van der Waals surface area contributed by atoms with Gasteiger partial charge in [0.2, 0.25) is 0 Å². The molecular weight excluding hydrogens is 200 g/mol. The van der Waals surface area contributed by atoms with Gasteiger partial charge in [-0.1, -0.05) is 30.3 Å². The topological polar surface area (TPSA) is 29.5 Å². The highest BCUT2D eigenvalue weighted by atomic mass is 16.5. The highest BCUT2D eigenvalue weighted by Crippen LogP contribution is 2.11. The Bertz CT molecular complexity index is 340. The second-order valence-electron chi connectivity index (χ2n) is 3.95. The quantitative estimate of drug-likeness (QED) is 0.768. The van der Waals surface area contributed by atoms with E-state index in [1.807, 2.05) is 44.2 Å². The molecule has 0 saturated heterocycles. The van der Waals surface area contributed by atoms with Crippen molar-refractivity contribution < 1.29 is 9.84 Å². The van der Waals surface area contributed by atoms with Crippen LogP contribution in [0.25, 0.3) is 0 Å². The Morgan fingerprint density at radius 3 is 2.50 bits per heavy atom. The molecule has 0 amide bonds. The average molecular weight is 218 g/mol. The molecule has 0 radical (unpaired) electrons. The first-order valence-electron chi connectivity index (χ1n) is 5.45. The summed E-state index contributed by atoms with van der Waals surface area (Å²) in [5.74, 6) is 2.32. The Balaban J connectivity index is 2.41. The third-order valence-corrected chi connectivity index (χ3v) is 2.61. The minimum absolute atomic E-state index is 0.189. The Kier molecular flexibility index (Phi) is 5.04. The van der Waals surface area contributed by atoms with E-state index in [0.29, 0.717) is 6.61 Å². The molecule has 1 aromatic carbocycles. The van der Waals surface area contributed by atoms with Gasteiger partial charge in [0.1, 0.15) is 0 Å². The summed E-state index contributed by atoms with van der Waals surface area (Å²) in [7, 11) is 0. The number of benzene rings is 1. The van der Waals surface area contributed by atoms with Crippen LogP contribution in [0, 0.1) is 18.3 Å². The van der Waals surface area contributed by atoms with Crippen LogP contribution in [0.1, 0.15) is 19.4 Å². The number of hydrogen-bond acceptors (Lipinski definition) is 2. The van der Waals surface area contributed by atoms with Gasteiger partial charge in [0.05, 0.1) is 18.8 Å². The fourth-order valence-corrected chi connectivity index (χ4v) is 1.41. The van der Waals surface area contributed by atoms with Gasteiger partial charge in [0.15, 0.2) is 0 Å². The summed E-state index contributed by atoms with van der Waals surface area (Å²) in [6.07, 6.45) is 4.38. The van der Waals surface area contributed by atoms with Crippen molar-refractivity contribution in [3.8, 4) is 12.3 Å². The van der Waals surface area contributed by atoms with E-state index >= 15 is 0 Å². The smallest absolute Gasteiger partial charge is 0.0933 e. The van der Waals surface area contributed by atoms with Crippen molar-refractivity contribution in [1.82, 2.24) is 0 Å². The summed E-state index contributed by atoms with van der Waals surface area (Å²) >= 11 is 0. The van der Waals surface area contributed by atoms with Gasteiger partial charge in [-0.2, -0.15) is 0 Å². The van der Waals surface area contributed by atoms with Crippen molar-refractivity contribution >= 4 is 0 Å². The van der Waals surface area contributed by atoms with Crippen LogP contribution >= 0.6 is 0 Å². The Hall–Kier alpha value is -1.30. The average Bonchev–Trinajstić information content (AvgIpc) is 2.35. The second kappa shape index (κ2) is 6.32. The van der Waals surface area contributed by atoms with Gasteiger partial charge in [-0.15, -0.1) is 12.3 Å². The maximum absolute atomic E-state index is 9.80. The Morgan fingerprint density at radius 2 is 1.94 bits per heavy atom. The fourth-order valence-electron chi connectivity index (χ4n) is 1.41. The molecule has 0 heterocycles. The monoisotopic (exact) mass is 218 g/mol. The summed E-state index contributed by atoms with van der Waals surface area (Å²) < 4.78 is 5.57. The van der Waals surface area contributed by atoms with Crippen LogP contribution in [0.2, 0.25) is 0 Å². The molecule has 0 spiro atoms. The van der Waals surface area contributed by atoms with E-state index in [1.165, 1.54) is 0 Å². The summed E-state index contributed by atoms with van der Waals surface area (Å²) in [6, 6.07) is 9.86. The fraction of sp³-hybridized carbons (Fsp3) is 0.429. The first-order chi connectivity index (χ1) is 7.65. The summed E-state index contributed by atoms with van der Waals surface area (Å²) in [5, 5.41) is 9.80. The predicted octanol–water partition coefficient (Wildman–Crippen LogP) is 2.22. The highest BCUT2D eigenvalue weighted by Gasteiger charge is 2.19. The standard InChI is InChI=1S/C14H18O2/c1-4-11(2)14(15)12(3)16-10-13-8-6-5-7-9-13/h1,5-9,11-12,14-15H,10H2,2-3H3/t11-,12+,14-/m1/s1. The molecule has 2 heteroatoms. The molecule has 0 saturated carbocycles. The number of ether oxygens (including phenoxy) is 1.